The molecular formula is C22H24N4OS. The molecule has 0 unspecified atom stereocenters. The van der Waals surface area contributed by atoms with Crippen molar-refractivity contribution in [1.29, 1.82) is 0 Å². The molecule has 0 spiro atoms. The molecule has 0 amide bonds. The Morgan fingerprint density at radius 3 is 2.68 bits per heavy atom. The summed E-state index contributed by atoms with van der Waals surface area (Å²) in [6, 6.07) is 18.5. The van der Waals surface area contributed by atoms with Gasteiger partial charge in [-0.15, -0.1) is 0 Å². The maximum atomic E-state index is 9.37. The third kappa shape index (κ3) is 3.41. The van der Waals surface area contributed by atoms with Crippen molar-refractivity contribution in [2.75, 3.05) is 13.2 Å². The lowest BCUT2D eigenvalue weighted by Gasteiger charge is -2.29. The van der Waals surface area contributed by atoms with Crippen molar-refractivity contribution in [1.82, 2.24) is 19.8 Å². The van der Waals surface area contributed by atoms with Crippen molar-refractivity contribution in [3.8, 4) is 5.69 Å². The van der Waals surface area contributed by atoms with Crippen molar-refractivity contribution in [2.45, 2.75) is 25.4 Å². The number of nitrogens with one attached hydrogen (secondary N) is 1. The number of benzene rings is 1. The Morgan fingerprint density at radius 2 is 1.93 bits per heavy atom. The van der Waals surface area contributed by atoms with Crippen LogP contribution in [0.15, 0.2) is 67.0 Å². The molecule has 3 aromatic rings. The third-order valence-electron chi connectivity index (χ3n) is 5.21. The molecule has 0 saturated carbocycles. The minimum absolute atomic E-state index is 0.0106. The Bertz CT molecular complexity index is 956. The fraction of sp³-hybridized carbons (Fsp3) is 0.273. The molecule has 1 saturated heterocycles. The van der Waals surface area contributed by atoms with E-state index in [1.807, 2.05) is 24.4 Å². The first-order chi connectivity index (χ1) is 13.7. The highest BCUT2D eigenvalue weighted by atomic mass is 32.1. The van der Waals surface area contributed by atoms with Crippen molar-refractivity contribution >= 4 is 17.3 Å². The standard InChI is InChI=1S/C22H24N4OS/c1-16-8-2-3-10-18(16)25-13-6-11-19(25)21-20(17-9-4-5-12-23-17)24-22(28)26(21)14-7-15-27/h2-6,8-13,20-21,27H,7,14-15H2,1H3,(H,24,28)/t20-,21-/m1/s1. The van der Waals surface area contributed by atoms with E-state index in [1.54, 1.807) is 0 Å². The van der Waals surface area contributed by atoms with E-state index in [-0.39, 0.29) is 18.7 Å². The van der Waals surface area contributed by atoms with Crippen LogP contribution in [0.25, 0.3) is 5.69 Å². The van der Waals surface area contributed by atoms with E-state index in [2.05, 4.69) is 69.3 Å². The number of aliphatic hydroxyl groups is 1. The van der Waals surface area contributed by atoms with Crippen molar-refractivity contribution in [2.24, 2.45) is 0 Å². The third-order valence-corrected chi connectivity index (χ3v) is 5.57. The van der Waals surface area contributed by atoms with Crippen LogP contribution in [0.3, 0.4) is 0 Å². The van der Waals surface area contributed by atoms with E-state index in [9.17, 15) is 5.11 Å². The Kier molecular flexibility index (Phi) is 5.41. The summed E-state index contributed by atoms with van der Waals surface area (Å²) in [4.78, 5) is 6.76. The van der Waals surface area contributed by atoms with Gasteiger partial charge in [0.25, 0.3) is 0 Å². The number of aryl methyl sites for hydroxylation is 1. The molecule has 3 heterocycles. The molecule has 5 nitrogen and oxygen atoms in total. The molecule has 1 fully saturated rings. The molecule has 2 aromatic heterocycles. The number of aliphatic hydroxyl groups excluding tert-OH is 1. The minimum Gasteiger partial charge on any atom is -0.396 e. The molecule has 0 bridgehead atoms. The molecule has 0 radical (unpaired) electrons. The first kappa shape index (κ1) is 18.7. The molecule has 1 aromatic carbocycles. The second-order valence-electron chi connectivity index (χ2n) is 6.99. The molecule has 1 aliphatic heterocycles. The summed E-state index contributed by atoms with van der Waals surface area (Å²) in [5.41, 5.74) is 4.47. The summed E-state index contributed by atoms with van der Waals surface area (Å²) in [5, 5.41) is 13.5. The minimum atomic E-state index is -0.0509. The average molecular weight is 393 g/mol. The SMILES string of the molecule is Cc1ccccc1-n1cccc1[C@@H]1[C@@H](c2ccccn2)NC(=S)N1CCCO. The van der Waals surface area contributed by atoms with Crippen molar-refractivity contribution in [3.05, 3.63) is 83.9 Å². The zero-order chi connectivity index (χ0) is 19.5. The number of pyridine rings is 1. The topological polar surface area (TPSA) is 53.3 Å². The predicted molar refractivity (Wildman–Crippen MR) is 114 cm³/mol. The number of para-hydroxylation sites is 1. The first-order valence-electron chi connectivity index (χ1n) is 9.53. The van der Waals surface area contributed by atoms with Gasteiger partial charge in [-0.1, -0.05) is 24.3 Å². The molecule has 2 N–H and O–H groups in total. The zero-order valence-electron chi connectivity index (χ0n) is 15.8. The number of hydrogen-bond acceptors (Lipinski definition) is 3. The zero-order valence-corrected chi connectivity index (χ0v) is 16.6. The van der Waals surface area contributed by atoms with Gasteiger partial charge in [-0.2, -0.15) is 0 Å². The Balaban J connectivity index is 1.81. The van der Waals surface area contributed by atoms with Gasteiger partial charge in [-0.25, -0.2) is 0 Å². The van der Waals surface area contributed by atoms with Gasteiger partial charge in [0.05, 0.1) is 17.8 Å². The molecule has 1 aliphatic rings. The Morgan fingerprint density at radius 1 is 1.11 bits per heavy atom. The highest BCUT2D eigenvalue weighted by Crippen LogP contribution is 2.39. The molecule has 0 aliphatic carbocycles. The highest BCUT2D eigenvalue weighted by Gasteiger charge is 2.40. The summed E-state index contributed by atoms with van der Waals surface area (Å²) in [6.07, 6.45) is 4.57. The van der Waals surface area contributed by atoms with E-state index < -0.39 is 0 Å². The van der Waals surface area contributed by atoms with Gasteiger partial charge >= 0.3 is 0 Å². The van der Waals surface area contributed by atoms with Crippen molar-refractivity contribution in [3.63, 3.8) is 0 Å². The van der Waals surface area contributed by atoms with E-state index in [0.717, 1.165) is 17.1 Å². The second kappa shape index (κ2) is 8.12. The summed E-state index contributed by atoms with van der Waals surface area (Å²) in [7, 11) is 0. The lowest BCUT2D eigenvalue weighted by Crippen LogP contribution is -2.31. The molecule has 28 heavy (non-hydrogen) atoms. The van der Waals surface area contributed by atoms with Gasteiger partial charge in [-0.3, -0.25) is 4.98 Å². The molecule has 4 rings (SSSR count). The monoisotopic (exact) mass is 392 g/mol. The number of hydrogen-bond donors (Lipinski definition) is 2. The predicted octanol–water partition coefficient (Wildman–Crippen LogP) is 3.54. The van der Waals surface area contributed by atoms with E-state index in [1.165, 1.54) is 5.56 Å². The lowest BCUT2D eigenvalue weighted by molar-refractivity contribution is 0.245. The van der Waals surface area contributed by atoms with Crippen LogP contribution >= 0.6 is 12.2 Å². The second-order valence-corrected chi connectivity index (χ2v) is 7.37. The largest absolute Gasteiger partial charge is 0.396 e. The van der Waals surface area contributed by atoms with Crippen LogP contribution in [0.2, 0.25) is 0 Å². The number of rotatable bonds is 6. The summed E-state index contributed by atoms with van der Waals surface area (Å²) < 4.78 is 2.23. The first-order valence-corrected chi connectivity index (χ1v) is 9.93. The van der Waals surface area contributed by atoms with Crippen molar-refractivity contribution < 1.29 is 5.11 Å². The highest BCUT2D eigenvalue weighted by molar-refractivity contribution is 7.80. The van der Waals surface area contributed by atoms with E-state index in [0.29, 0.717) is 18.1 Å². The fourth-order valence-electron chi connectivity index (χ4n) is 3.90. The van der Waals surface area contributed by atoms with Crippen LogP contribution in [0, 0.1) is 6.92 Å². The molecular weight excluding hydrogens is 368 g/mol. The van der Waals surface area contributed by atoms with Crippen LogP contribution < -0.4 is 5.32 Å². The Labute approximate surface area is 170 Å². The van der Waals surface area contributed by atoms with Crippen LogP contribution in [-0.4, -0.2) is 37.8 Å². The molecule has 2 atom stereocenters. The maximum absolute atomic E-state index is 9.37. The van der Waals surface area contributed by atoms with E-state index >= 15 is 0 Å². The van der Waals surface area contributed by atoms with Gasteiger partial charge in [0.1, 0.15) is 0 Å². The Hall–Kier alpha value is -2.70. The normalized spacial score (nSPS) is 19.1. The van der Waals surface area contributed by atoms with Crippen LogP contribution in [0.5, 0.6) is 0 Å². The fourth-order valence-corrected chi connectivity index (χ4v) is 4.23. The lowest BCUT2D eigenvalue weighted by atomic mass is 10.0. The van der Waals surface area contributed by atoms with Gasteiger partial charge in [0, 0.05) is 36.9 Å². The molecule has 6 heteroatoms. The van der Waals surface area contributed by atoms with Gasteiger partial charge in [0.2, 0.25) is 0 Å². The number of nitrogens with zero attached hydrogens (tertiary/aromatic N) is 3. The quantitative estimate of drug-likeness (QED) is 0.629. The maximum Gasteiger partial charge on any atom is 0.170 e. The van der Waals surface area contributed by atoms with Crippen LogP contribution in [-0.2, 0) is 0 Å². The summed E-state index contributed by atoms with van der Waals surface area (Å²) >= 11 is 5.66. The molecule has 144 valence electrons. The average Bonchev–Trinajstić information content (AvgIpc) is 3.31. The van der Waals surface area contributed by atoms with Crippen LogP contribution in [0.4, 0.5) is 0 Å². The van der Waals surface area contributed by atoms with Gasteiger partial charge < -0.3 is 19.9 Å². The summed E-state index contributed by atoms with van der Waals surface area (Å²) in [6.45, 7) is 2.95. The van der Waals surface area contributed by atoms with E-state index in [4.69, 9.17) is 12.2 Å². The smallest absolute Gasteiger partial charge is 0.170 e. The van der Waals surface area contributed by atoms with Crippen LogP contribution in [0.1, 0.15) is 35.5 Å². The van der Waals surface area contributed by atoms with Gasteiger partial charge in [0.15, 0.2) is 5.11 Å². The summed E-state index contributed by atoms with van der Waals surface area (Å²) in [5.74, 6) is 0. The van der Waals surface area contributed by atoms with Gasteiger partial charge in [-0.05, 0) is 61.5 Å². The number of aromatic nitrogens is 2. The number of thiocarbonyl (C=S) groups is 1.